The van der Waals surface area contributed by atoms with Gasteiger partial charge in [0.25, 0.3) is 5.91 Å². The smallest absolute Gasteiger partial charge is 0.277 e. The van der Waals surface area contributed by atoms with Crippen LogP contribution in [0.5, 0.6) is 11.5 Å². The number of carbonyl (C=O) groups excluding carboxylic acids is 1. The summed E-state index contributed by atoms with van der Waals surface area (Å²) in [6.07, 6.45) is 4.04. The lowest BCUT2D eigenvalue weighted by Gasteiger charge is -2.09. The van der Waals surface area contributed by atoms with Crippen molar-refractivity contribution in [3.63, 3.8) is 0 Å². The standard InChI is InChI=1S/C16H21N3O4S/c1-21-11-6-10(7-12(8-11)22-2)18-15(20)14-9-23-16(19-14)13(17)4-5-24-3/h6-9,13H,4-5,17H2,1-3H3,(H,18,20). The van der Waals surface area contributed by atoms with Gasteiger partial charge >= 0.3 is 0 Å². The van der Waals surface area contributed by atoms with Gasteiger partial charge in [0.15, 0.2) is 5.69 Å². The minimum Gasteiger partial charge on any atom is -0.497 e. The van der Waals surface area contributed by atoms with Gasteiger partial charge in [0.05, 0.1) is 20.3 Å². The van der Waals surface area contributed by atoms with E-state index in [1.807, 2.05) is 6.26 Å². The van der Waals surface area contributed by atoms with Crippen molar-refractivity contribution in [2.24, 2.45) is 5.73 Å². The predicted molar refractivity (Wildman–Crippen MR) is 93.9 cm³/mol. The summed E-state index contributed by atoms with van der Waals surface area (Å²) in [4.78, 5) is 16.5. The predicted octanol–water partition coefficient (Wildman–Crippen LogP) is 2.70. The molecule has 1 heterocycles. The minimum absolute atomic E-state index is 0.173. The second kappa shape index (κ2) is 8.60. The van der Waals surface area contributed by atoms with E-state index in [-0.39, 0.29) is 11.7 Å². The Balaban J connectivity index is 2.09. The number of hydrogen-bond donors (Lipinski definition) is 2. The fourth-order valence-corrected chi connectivity index (χ4v) is 2.49. The Morgan fingerprint density at radius 1 is 1.33 bits per heavy atom. The van der Waals surface area contributed by atoms with Crippen LogP contribution in [0.25, 0.3) is 0 Å². The summed E-state index contributed by atoms with van der Waals surface area (Å²) in [6, 6.07) is 4.77. The van der Waals surface area contributed by atoms with Gasteiger partial charge in [0.2, 0.25) is 5.89 Å². The van der Waals surface area contributed by atoms with Crippen molar-refractivity contribution >= 4 is 23.4 Å². The molecule has 0 saturated heterocycles. The highest BCUT2D eigenvalue weighted by molar-refractivity contribution is 7.98. The average Bonchev–Trinajstić information content (AvgIpc) is 3.09. The van der Waals surface area contributed by atoms with E-state index in [1.54, 1.807) is 44.2 Å². The number of ether oxygens (including phenoxy) is 2. The number of hydrogen-bond acceptors (Lipinski definition) is 7. The van der Waals surface area contributed by atoms with Crippen molar-refractivity contribution in [2.75, 3.05) is 31.5 Å². The van der Waals surface area contributed by atoms with Gasteiger partial charge in [-0.2, -0.15) is 11.8 Å². The van der Waals surface area contributed by atoms with Crippen LogP contribution >= 0.6 is 11.8 Å². The molecule has 2 rings (SSSR count). The van der Waals surface area contributed by atoms with Crippen LogP contribution in [0.1, 0.15) is 28.8 Å². The summed E-state index contributed by atoms with van der Waals surface area (Å²) in [5, 5.41) is 2.74. The fraction of sp³-hybridized carbons (Fsp3) is 0.375. The lowest BCUT2D eigenvalue weighted by atomic mass is 10.2. The Morgan fingerprint density at radius 2 is 2.00 bits per heavy atom. The van der Waals surface area contributed by atoms with Crippen LogP contribution in [-0.2, 0) is 0 Å². The Bertz CT molecular complexity index is 667. The fourth-order valence-electron chi connectivity index (χ4n) is 2.01. The first-order valence-corrected chi connectivity index (χ1v) is 8.71. The van der Waals surface area contributed by atoms with Crippen LogP contribution in [0.3, 0.4) is 0 Å². The number of aromatic nitrogens is 1. The Morgan fingerprint density at radius 3 is 2.58 bits per heavy atom. The topological polar surface area (TPSA) is 99.6 Å². The molecule has 7 nitrogen and oxygen atoms in total. The first-order chi connectivity index (χ1) is 11.6. The molecule has 1 unspecified atom stereocenters. The van der Waals surface area contributed by atoms with Gasteiger partial charge in [-0.1, -0.05) is 0 Å². The number of nitrogens with zero attached hydrogens (tertiary/aromatic N) is 1. The quantitative estimate of drug-likeness (QED) is 0.754. The van der Waals surface area contributed by atoms with Crippen LogP contribution < -0.4 is 20.5 Å². The second-order valence-electron chi connectivity index (χ2n) is 5.01. The third-order valence-electron chi connectivity index (χ3n) is 3.31. The third kappa shape index (κ3) is 4.65. The summed E-state index contributed by atoms with van der Waals surface area (Å²) in [7, 11) is 3.08. The SMILES string of the molecule is COc1cc(NC(=O)c2coc(C(N)CCSC)n2)cc(OC)c1. The Labute approximate surface area is 144 Å². The molecule has 0 aliphatic carbocycles. The highest BCUT2D eigenvalue weighted by Crippen LogP contribution is 2.26. The highest BCUT2D eigenvalue weighted by Gasteiger charge is 2.17. The van der Waals surface area contributed by atoms with Gasteiger partial charge in [-0.05, 0) is 18.4 Å². The molecule has 1 amide bonds. The van der Waals surface area contributed by atoms with Crippen molar-refractivity contribution in [1.29, 1.82) is 0 Å². The molecule has 130 valence electrons. The number of nitrogens with two attached hydrogens (primary N) is 1. The molecule has 0 radical (unpaired) electrons. The number of rotatable bonds is 8. The monoisotopic (exact) mass is 351 g/mol. The molecule has 0 bridgehead atoms. The molecule has 1 aromatic heterocycles. The molecule has 24 heavy (non-hydrogen) atoms. The maximum Gasteiger partial charge on any atom is 0.277 e. The van der Waals surface area contributed by atoms with E-state index < -0.39 is 5.91 Å². The molecular weight excluding hydrogens is 330 g/mol. The zero-order valence-electron chi connectivity index (χ0n) is 13.9. The zero-order chi connectivity index (χ0) is 17.5. The lowest BCUT2D eigenvalue weighted by Crippen LogP contribution is -2.15. The molecule has 1 atom stereocenters. The van der Waals surface area contributed by atoms with Gasteiger partial charge in [0.1, 0.15) is 17.8 Å². The van der Waals surface area contributed by atoms with E-state index in [4.69, 9.17) is 19.6 Å². The van der Waals surface area contributed by atoms with Crippen molar-refractivity contribution in [1.82, 2.24) is 4.98 Å². The molecule has 0 fully saturated rings. The van der Waals surface area contributed by atoms with Gasteiger partial charge < -0.3 is 24.9 Å². The van der Waals surface area contributed by atoms with Gasteiger partial charge in [0, 0.05) is 23.9 Å². The molecule has 1 aromatic carbocycles. The van der Waals surface area contributed by atoms with Crippen LogP contribution in [0.2, 0.25) is 0 Å². The molecule has 2 aromatic rings. The van der Waals surface area contributed by atoms with Crippen molar-refractivity contribution in [3.8, 4) is 11.5 Å². The third-order valence-corrected chi connectivity index (χ3v) is 3.96. The first-order valence-electron chi connectivity index (χ1n) is 7.31. The van der Waals surface area contributed by atoms with Crippen LogP contribution in [0.15, 0.2) is 28.9 Å². The Hall–Kier alpha value is -2.19. The van der Waals surface area contributed by atoms with E-state index in [1.165, 1.54) is 6.26 Å². The van der Waals surface area contributed by atoms with E-state index in [9.17, 15) is 4.79 Å². The molecule has 3 N–H and O–H groups in total. The van der Waals surface area contributed by atoms with Gasteiger partial charge in [-0.15, -0.1) is 0 Å². The van der Waals surface area contributed by atoms with Crippen LogP contribution in [-0.4, -0.2) is 37.1 Å². The maximum atomic E-state index is 12.3. The number of carbonyl (C=O) groups is 1. The summed E-state index contributed by atoms with van der Waals surface area (Å²) >= 11 is 1.69. The number of amides is 1. The van der Waals surface area contributed by atoms with E-state index in [2.05, 4.69) is 10.3 Å². The summed E-state index contributed by atoms with van der Waals surface area (Å²) in [5.41, 5.74) is 6.70. The molecule has 0 spiro atoms. The van der Waals surface area contributed by atoms with E-state index in [0.717, 1.165) is 12.2 Å². The van der Waals surface area contributed by atoms with Crippen LogP contribution in [0, 0.1) is 0 Å². The number of anilines is 1. The van der Waals surface area contributed by atoms with Crippen LogP contribution in [0.4, 0.5) is 5.69 Å². The van der Waals surface area contributed by atoms with E-state index in [0.29, 0.717) is 23.1 Å². The van der Waals surface area contributed by atoms with Crippen molar-refractivity contribution in [3.05, 3.63) is 36.0 Å². The molecular formula is C16H21N3O4S. The molecule has 0 aliphatic heterocycles. The number of nitrogens with one attached hydrogen (secondary N) is 1. The van der Waals surface area contributed by atoms with Crippen molar-refractivity contribution in [2.45, 2.75) is 12.5 Å². The summed E-state index contributed by atoms with van der Waals surface area (Å²) in [5.74, 6) is 2.01. The number of thioether (sulfide) groups is 1. The highest BCUT2D eigenvalue weighted by atomic mass is 32.2. The van der Waals surface area contributed by atoms with Gasteiger partial charge in [-0.3, -0.25) is 4.79 Å². The number of oxazole rings is 1. The number of benzene rings is 1. The normalized spacial score (nSPS) is 11.8. The summed E-state index contributed by atoms with van der Waals surface area (Å²) < 4.78 is 15.7. The first kappa shape index (κ1) is 18.2. The molecule has 0 aliphatic rings. The number of methoxy groups -OCH3 is 2. The van der Waals surface area contributed by atoms with E-state index >= 15 is 0 Å². The maximum absolute atomic E-state index is 12.3. The average molecular weight is 351 g/mol. The molecule has 0 saturated carbocycles. The van der Waals surface area contributed by atoms with Crippen molar-refractivity contribution < 1.29 is 18.7 Å². The van der Waals surface area contributed by atoms with Gasteiger partial charge in [-0.25, -0.2) is 4.98 Å². The second-order valence-corrected chi connectivity index (χ2v) is 6.00. The largest absolute Gasteiger partial charge is 0.497 e. The zero-order valence-corrected chi connectivity index (χ0v) is 14.7. The summed E-state index contributed by atoms with van der Waals surface area (Å²) in [6.45, 7) is 0. The molecule has 8 heteroatoms. The minimum atomic E-state index is -0.391. The lowest BCUT2D eigenvalue weighted by molar-refractivity contribution is 0.102. The Kier molecular flexibility index (Phi) is 6.51.